The second kappa shape index (κ2) is 4.97. The van der Waals surface area contributed by atoms with E-state index in [-0.39, 0.29) is 18.9 Å². The third-order valence-corrected chi connectivity index (χ3v) is 2.69. The molecular formula is C12H13NO4. The summed E-state index contributed by atoms with van der Waals surface area (Å²) < 4.78 is 5.32. The van der Waals surface area contributed by atoms with Gasteiger partial charge in [0.15, 0.2) is 5.78 Å². The minimum atomic E-state index is -1.01. The fraction of sp³-hybridized carbons (Fsp3) is 0.333. The number of carbonyl (C=O) groups is 2. The Hall–Kier alpha value is -1.88. The maximum Gasteiger partial charge on any atom is 0.407 e. The highest BCUT2D eigenvalue weighted by Gasteiger charge is 2.29. The summed E-state index contributed by atoms with van der Waals surface area (Å²) in [5.74, 6) is -0.170. The molecule has 1 aliphatic heterocycles. The number of ether oxygens (including phenoxy) is 1. The molecule has 0 aromatic heterocycles. The van der Waals surface area contributed by atoms with Crippen LogP contribution in [0.1, 0.15) is 10.4 Å². The van der Waals surface area contributed by atoms with Crippen LogP contribution in [0.5, 0.6) is 0 Å². The lowest BCUT2D eigenvalue weighted by atomic mass is 10.1. The van der Waals surface area contributed by atoms with Crippen LogP contribution in [-0.2, 0) is 4.74 Å². The van der Waals surface area contributed by atoms with Crippen LogP contribution in [0, 0.1) is 0 Å². The van der Waals surface area contributed by atoms with Gasteiger partial charge in [-0.15, -0.1) is 0 Å². The van der Waals surface area contributed by atoms with Crippen LogP contribution in [0.4, 0.5) is 4.79 Å². The minimum Gasteiger partial charge on any atom is -0.465 e. The summed E-state index contributed by atoms with van der Waals surface area (Å²) in [6.45, 7) is 0.673. The van der Waals surface area contributed by atoms with Gasteiger partial charge in [0, 0.05) is 12.1 Å². The molecule has 1 amide bonds. The first-order valence-corrected chi connectivity index (χ1v) is 5.37. The van der Waals surface area contributed by atoms with Crippen LogP contribution in [0.25, 0.3) is 0 Å². The third-order valence-electron chi connectivity index (χ3n) is 2.69. The fourth-order valence-corrected chi connectivity index (χ4v) is 1.77. The van der Waals surface area contributed by atoms with E-state index in [2.05, 4.69) is 0 Å². The molecule has 0 bridgehead atoms. The van der Waals surface area contributed by atoms with E-state index in [9.17, 15) is 9.59 Å². The number of Topliss-reactive ketones (excluding diaryl/α,β-unsaturated/α-hetero) is 1. The summed E-state index contributed by atoms with van der Waals surface area (Å²) in [6, 6.07) is 8.76. The van der Waals surface area contributed by atoms with Gasteiger partial charge in [0.1, 0.15) is 6.10 Å². The smallest absolute Gasteiger partial charge is 0.407 e. The zero-order valence-electron chi connectivity index (χ0n) is 9.20. The largest absolute Gasteiger partial charge is 0.465 e. The van der Waals surface area contributed by atoms with Gasteiger partial charge in [-0.05, 0) is 0 Å². The molecule has 1 aromatic rings. The molecule has 1 heterocycles. The lowest BCUT2D eigenvalue weighted by molar-refractivity contribution is -0.0111. The summed E-state index contributed by atoms with van der Waals surface area (Å²) in [4.78, 5) is 24.0. The Morgan fingerprint density at radius 2 is 2.00 bits per heavy atom. The molecule has 1 aliphatic rings. The second-order valence-electron chi connectivity index (χ2n) is 3.82. The first-order chi connectivity index (χ1) is 8.18. The predicted octanol–water partition coefficient (Wildman–Crippen LogP) is 1.25. The molecule has 0 spiro atoms. The van der Waals surface area contributed by atoms with Gasteiger partial charge in [0.05, 0.1) is 13.2 Å². The van der Waals surface area contributed by atoms with Crippen molar-refractivity contribution in [2.75, 3.05) is 19.7 Å². The SMILES string of the molecule is O=C(c1ccccc1)[C@@H]1CN(C(=O)O)CCO1. The van der Waals surface area contributed by atoms with Gasteiger partial charge in [-0.3, -0.25) is 4.79 Å². The molecule has 1 saturated heterocycles. The maximum absolute atomic E-state index is 12.0. The molecular weight excluding hydrogens is 222 g/mol. The van der Waals surface area contributed by atoms with Crippen molar-refractivity contribution in [3.05, 3.63) is 35.9 Å². The zero-order valence-corrected chi connectivity index (χ0v) is 9.20. The fourth-order valence-electron chi connectivity index (χ4n) is 1.77. The average molecular weight is 235 g/mol. The summed E-state index contributed by atoms with van der Waals surface area (Å²) in [6.07, 6.45) is -1.71. The van der Waals surface area contributed by atoms with E-state index in [4.69, 9.17) is 9.84 Å². The van der Waals surface area contributed by atoms with Crippen molar-refractivity contribution in [2.45, 2.75) is 6.10 Å². The molecule has 0 radical (unpaired) electrons. The van der Waals surface area contributed by atoms with Gasteiger partial charge in [-0.2, -0.15) is 0 Å². The highest BCUT2D eigenvalue weighted by Crippen LogP contribution is 2.11. The van der Waals surface area contributed by atoms with Gasteiger partial charge in [-0.1, -0.05) is 30.3 Å². The lowest BCUT2D eigenvalue weighted by Gasteiger charge is -2.30. The zero-order chi connectivity index (χ0) is 12.3. The lowest BCUT2D eigenvalue weighted by Crippen LogP contribution is -2.48. The van der Waals surface area contributed by atoms with E-state index >= 15 is 0 Å². The number of nitrogens with zero attached hydrogens (tertiary/aromatic N) is 1. The number of benzene rings is 1. The van der Waals surface area contributed by atoms with Gasteiger partial charge in [0.2, 0.25) is 0 Å². The second-order valence-corrected chi connectivity index (χ2v) is 3.82. The van der Waals surface area contributed by atoms with Gasteiger partial charge >= 0.3 is 6.09 Å². The molecule has 90 valence electrons. The van der Waals surface area contributed by atoms with Crippen LogP contribution in [0.15, 0.2) is 30.3 Å². The number of hydrogen-bond donors (Lipinski definition) is 1. The molecule has 1 atom stereocenters. The van der Waals surface area contributed by atoms with Crippen molar-refractivity contribution in [2.24, 2.45) is 0 Å². The van der Waals surface area contributed by atoms with Crippen molar-refractivity contribution in [1.29, 1.82) is 0 Å². The molecule has 1 aromatic carbocycles. The normalized spacial score (nSPS) is 20.0. The minimum absolute atomic E-state index is 0.100. The molecule has 1 N–H and O–H groups in total. The van der Waals surface area contributed by atoms with Crippen molar-refractivity contribution < 1.29 is 19.4 Å². The van der Waals surface area contributed by atoms with E-state index in [0.29, 0.717) is 12.1 Å². The van der Waals surface area contributed by atoms with Crippen molar-refractivity contribution in [1.82, 2.24) is 4.90 Å². The highest BCUT2D eigenvalue weighted by atomic mass is 16.5. The third kappa shape index (κ3) is 2.62. The Balaban J connectivity index is 2.07. The number of morpholine rings is 1. The van der Waals surface area contributed by atoms with Crippen LogP contribution in [0.2, 0.25) is 0 Å². The highest BCUT2D eigenvalue weighted by molar-refractivity contribution is 5.99. The molecule has 0 aliphatic carbocycles. The monoisotopic (exact) mass is 235 g/mol. The van der Waals surface area contributed by atoms with Crippen LogP contribution in [0.3, 0.4) is 0 Å². The number of carbonyl (C=O) groups excluding carboxylic acids is 1. The first-order valence-electron chi connectivity index (χ1n) is 5.37. The quantitative estimate of drug-likeness (QED) is 0.783. The predicted molar refractivity (Wildman–Crippen MR) is 60.1 cm³/mol. The summed E-state index contributed by atoms with van der Waals surface area (Å²) in [7, 11) is 0. The van der Waals surface area contributed by atoms with Crippen LogP contribution < -0.4 is 0 Å². The molecule has 2 rings (SSSR count). The molecule has 5 nitrogen and oxygen atoms in total. The van der Waals surface area contributed by atoms with Crippen molar-refractivity contribution >= 4 is 11.9 Å². The molecule has 1 fully saturated rings. The number of carboxylic acid groups (broad SMARTS) is 1. The first kappa shape index (κ1) is 11.6. The van der Waals surface area contributed by atoms with E-state index in [0.717, 1.165) is 0 Å². The summed E-state index contributed by atoms with van der Waals surface area (Å²) in [5, 5.41) is 8.87. The Kier molecular flexibility index (Phi) is 3.39. The standard InChI is InChI=1S/C12H13NO4/c14-11(9-4-2-1-3-5-9)10-8-13(12(15)16)6-7-17-10/h1-5,10H,6-8H2,(H,15,16)/t10-/m0/s1. The Bertz CT molecular complexity index is 418. The van der Waals surface area contributed by atoms with E-state index in [1.807, 2.05) is 6.07 Å². The molecule has 0 unspecified atom stereocenters. The summed E-state index contributed by atoms with van der Waals surface area (Å²) in [5.41, 5.74) is 0.546. The molecule has 0 saturated carbocycles. The van der Waals surface area contributed by atoms with E-state index in [1.54, 1.807) is 24.3 Å². The van der Waals surface area contributed by atoms with E-state index in [1.165, 1.54) is 4.90 Å². The average Bonchev–Trinajstić information content (AvgIpc) is 2.39. The number of amides is 1. The van der Waals surface area contributed by atoms with Gasteiger partial charge < -0.3 is 14.7 Å². The maximum atomic E-state index is 12.0. The Morgan fingerprint density at radius 3 is 2.65 bits per heavy atom. The topological polar surface area (TPSA) is 66.8 Å². The van der Waals surface area contributed by atoms with Crippen molar-refractivity contribution in [3.8, 4) is 0 Å². The number of hydrogen-bond acceptors (Lipinski definition) is 3. The number of rotatable bonds is 2. The van der Waals surface area contributed by atoms with Gasteiger partial charge in [0.25, 0.3) is 0 Å². The van der Waals surface area contributed by atoms with E-state index < -0.39 is 12.2 Å². The number of ketones is 1. The van der Waals surface area contributed by atoms with Gasteiger partial charge in [-0.25, -0.2) is 4.79 Å². The van der Waals surface area contributed by atoms with Crippen LogP contribution in [-0.4, -0.2) is 47.7 Å². The Labute approximate surface area is 98.6 Å². The van der Waals surface area contributed by atoms with Crippen molar-refractivity contribution in [3.63, 3.8) is 0 Å². The Morgan fingerprint density at radius 1 is 1.29 bits per heavy atom. The summed E-state index contributed by atoms with van der Waals surface area (Å²) >= 11 is 0. The molecule has 17 heavy (non-hydrogen) atoms. The van der Waals surface area contributed by atoms with Crippen LogP contribution >= 0.6 is 0 Å². The molecule has 5 heteroatoms.